The Balaban J connectivity index is 1.55. The van der Waals surface area contributed by atoms with Gasteiger partial charge in [0.1, 0.15) is 18.0 Å². The molecule has 1 aromatic carbocycles. The number of amides is 1. The minimum absolute atomic E-state index is 0.0838. The molecule has 2 aromatic heterocycles. The SMILES string of the molecule is COc1cc(N2CCC=C(c3cc(NC(=O)c4c[nH]c(=O)cc4C(F)(F)F)c(N4CC(C)N(C)C(C)C4)cc3F)C2)ncn1. The summed E-state index contributed by atoms with van der Waals surface area (Å²) < 4.78 is 62.5. The first-order valence-corrected chi connectivity index (χ1v) is 14.1. The van der Waals surface area contributed by atoms with Crippen molar-refractivity contribution < 1.29 is 27.1 Å². The van der Waals surface area contributed by atoms with Gasteiger partial charge in [-0.2, -0.15) is 13.2 Å². The Morgan fingerprint density at radius 2 is 1.82 bits per heavy atom. The fourth-order valence-electron chi connectivity index (χ4n) is 5.60. The van der Waals surface area contributed by atoms with Crippen molar-refractivity contribution in [1.82, 2.24) is 19.9 Å². The third-order valence-corrected chi connectivity index (χ3v) is 8.17. The summed E-state index contributed by atoms with van der Waals surface area (Å²) in [5, 5.41) is 2.60. The van der Waals surface area contributed by atoms with Crippen LogP contribution in [-0.2, 0) is 6.18 Å². The zero-order chi connectivity index (χ0) is 31.8. The molecule has 234 valence electrons. The van der Waals surface area contributed by atoms with Gasteiger partial charge in [0.25, 0.3) is 5.91 Å². The number of aromatic amines is 1. The molecule has 1 amide bonds. The van der Waals surface area contributed by atoms with E-state index in [1.54, 1.807) is 6.07 Å². The predicted octanol–water partition coefficient (Wildman–Crippen LogP) is 4.41. The van der Waals surface area contributed by atoms with E-state index in [0.29, 0.717) is 55.1 Å². The van der Waals surface area contributed by atoms with Crippen molar-refractivity contribution >= 4 is 28.7 Å². The average molecular weight is 616 g/mol. The fourth-order valence-corrected chi connectivity index (χ4v) is 5.60. The number of alkyl halides is 3. The van der Waals surface area contributed by atoms with Crippen molar-refractivity contribution in [3.63, 3.8) is 0 Å². The van der Waals surface area contributed by atoms with Gasteiger partial charge < -0.3 is 24.8 Å². The number of pyridine rings is 1. The molecule has 0 spiro atoms. The largest absolute Gasteiger partial charge is 0.481 e. The summed E-state index contributed by atoms with van der Waals surface area (Å²) in [5.41, 5.74) is -1.80. The molecule has 2 unspecified atom stereocenters. The van der Waals surface area contributed by atoms with Crippen LogP contribution in [0.4, 0.5) is 34.8 Å². The predicted molar refractivity (Wildman–Crippen MR) is 159 cm³/mol. The average Bonchev–Trinajstić information content (AvgIpc) is 2.99. The molecule has 0 saturated carbocycles. The Hall–Kier alpha value is -4.46. The highest BCUT2D eigenvalue weighted by Gasteiger charge is 2.36. The van der Waals surface area contributed by atoms with Crippen LogP contribution in [0.5, 0.6) is 5.88 Å². The maximum atomic E-state index is 16.0. The second-order valence-corrected chi connectivity index (χ2v) is 11.1. The van der Waals surface area contributed by atoms with Crippen molar-refractivity contribution in [2.45, 2.75) is 38.5 Å². The van der Waals surface area contributed by atoms with Crippen LogP contribution >= 0.6 is 0 Å². The van der Waals surface area contributed by atoms with Gasteiger partial charge in [0.2, 0.25) is 11.4 Å². The Bertz CT molecular complexity index is 1630. The van der Waals surface area contributed by atoms with Gasteiger partial charge in [-0.3, -0.25) is 14.5 Å². The molecule has 2 aliphatic heterocycles. The number of likely N-dealkylation sites (N-methyl/N-ethyl adjacent to an activating group) is 1. The van der Waals surface area contributed by atoms with Crippen LogP contribution in [0.25, 0.3) is 5.57 Å². The fraction of sp³-hybridized carbons (Fsp3) is 0.400. The van der Waals surface area contributed by atoms with E-state index in [2.05, 4.69) is 25.2 Å². The van der Waals surface area contributed by atoms with Crippen LogP contribution in [0, 0.1) is 5.82 Å². The summed E-state index contributed by atoms with van der Waals surface area (Å²) in [4.78, 5) is 41.6. The van der Waals surface area contributed by atoms with Gasteiger partial charge in [0.15, 0.2) is 0 Å². The first-order chi connectivity index (χ1) is 20.8. The number of piperazine rings is 1. The first kappa shape index (κ1) is 31.0. The molecule has 0 radical (unpaired) electrons. The molecule has 3 aromatic rings. The number of ether oxygens (including phenoxy) is 1. The lowest BCUT2D eigenvalue weighted by Crippen LogP contribution is -2.55. The molecule has 4 heterocycles. The molecular weight excluding hydrogens is 582 g/mol. The van der Waals surface area contributed by atoms with Crippen LogP contribution in [-0.4, -0.2) is 78.2 Å². The third-order valence-electron chi connectivity index (χ3n) is 8.17. The van der Waals surface area contributed by atoms with E-state index in [0.717, 1.165) is 6.20 Å². The molecule has 1 fully saturated rings. The number of benzene rings is 1. The number of aromatic nitrogens is 3. The van der Waals surface area contributed by atoms with Gasteiger partial charge in [-0.15, -0.1) is 0 Å². The number of rotatable bonds is 6. The lowest BCUT2D eigenvalue weighted by Gasteiger charge is -2.44. The highest BCUT2D eigenvalue weighted by molar-refractivity contribution is 6.07. The molecule has 10 nitrogen and oxygen atoms in total. The number of halogens is 4. The lowest BCUT2D eigenvalue weighted by atomic mass is 9.98. The van der Waals surface area contributed by atoms with Gasteiger partial charge >= 0.3 is 6.18 Å². The van der Waals surface area contributed by atoms with E-state index in [1.807, 2.05) is 36.8 Å². The van der Waals surface area contributed by atoms with Crippen LogP contribution in [0.2, 0.25) is 0 Å². The first-order valence-electron chi connectivity index (χ1n) is 14.1. The van der Waals surface area contributed by atoms with Crippen molar-refractivity contribution in [2.75, 3.05) is 55.5 Å². The lowest BCUT2D eigenvalue weighted by molar-refractivity contribution is -0.138. The molecule has 2 atom stereocenters. The summed E-state index contributed by atoms with van der Waals surface area (Å²) in [6.07, 6.45) is -0.367. The Morgan fingerprint density at radius 3 is 2.50 bits per heavy atom. The Kier molecular flexibility index (Phi) is 8.64. The van der Waals surface area contributed by atoms with Gasteiger partial charge in [-0.05, 0) is 45.0 Å². The molecule has 14 heteroatoms. The van der Waals surface area contributed by atoms with E-state index >= 15 is 4.39 Å². The van der Waals surface area contributed by atoms with Crippen LogP contribution in [0.3, 0.4) is 0 Å². The Labute approximate surface area is 251 Å². The molecule has 2 N–H and O–H groups in total. The number of nitrogens with zero attached hydrogens (tertiary/aromatic N) is 5. The number of carbonyl (C=O) groups is 1. The molecule has 2 aliphatic rings. The summed E-state index contributed by atoms with van der Waals surface area (Å²) in [5.74, 6) is -0.658. The number of hydrogen-bond acceptors (Lipinski definition) is 8. The second kappa shape index (κ2) is 12.3. The smallest absolute Gasteiger partial charge is 0.417 e. The number of H-pyrrole nitrogens is 1. The van der Waals surface area contributed by atoms with E-state index in [1.165, 1.54) is 25.6 Å². The maximum absolute atomic E-state index is 16.0. The number of nitrogens with one attached hydrogen (secondary N) is 2. The van der Waals surface area contributed by atoms with Gasteiger partial charge in [0.05, 0.1) is 29.6 Å². The molecule has 1 saturated heterocycles. The zero-order valence-electron chi connectivity index (χ0n) is 24.7. The maximum Gasteiger partial charge on any atom is 0.417 e. The molecule has 0 bridgehead atoms. The van der Waals surface area contributed by atoms with Crippen molar-refractivity contribution in [2.24, 2.45) is 0 Å². The minimum atomic E-state index is -4.94. The highest BCUT2D eigenvalue weighted by atomic mass is 19.4. The molecule has 5 rings (SSSR count). The van der Waals surface area contributed by atoms with E-state index in [9.17, 15) is 22.8 Å². The van der Waals surface area contributed by atoms with Crippen LogP contribution in [0.15, 0.2) is 47.7 Å². The molecule has 44 heavy (non-hydrogen) atoms. The molecule has 0 aliphatic carbocycles. The summed E-state index contributed by atoms with van der Waals surface area (Å²) >= 11 is 0. The van der Waals surface area contributed by atoms with E-state index < -0.39 is 34.6 Å². The quantitative estimate of drug-likeness (QED) is 0.393. The summed E-state index contributed by atoms with van der Waals surface area (Å²) in [6, 6.07) is 4.97. The number of hydrogen-bond donors (Lipinski definition) is 2. The number of carbonyl (C=O) groups excluding carboxylic acids is 1. The van der Waals surface area contributed by atoms with Crippen LogP contribution in [0.1, 0.15) is 41.8 Å². The minimum Gasteiger partial charge on any atom is -0.481 e. The van der Waals surface area contributed by atoms with Gasteiger partial charge in [0, 0.05) is 62.2 Å². The summed E-state index contributed by atoms with van der Waals surface area (Å²) in [6.45, 7) is 5.93. The normalized spacial score (nSPS) is 19.5. The van der Waals surface area contributed by atoms with Crippen molar-refractivity contribution in [3.05, 3.63) is 75.7 Å². The van der Waals surface area contributed by atoms with Crippen molar-refractivity contribution in [1.29, 1.82) is 0 Å². The van der Waals surface area contributed by atoms with Crippen LogP contribution < -0.4 is 25.4 Å². The number of anilines is 3. The van der Waals surface area contributed by atoms with Gasteiger partial charge in [-0.25, -0.2) is 14.4 Å². The second-order valence-electron chi connectivity index (χ2n) is 11.1. The van der Waals surface area contributed by atoms with E-state index in [4.69, 9.17) is 4.74 Å². The highest BCUT2D eigenvalue weighted by Crippen LogP contribution is 2.37. The standard InChI is InChI=1S/C30H33F4N7O3/c1-17-13-41(14-18(2)39(17)3)25-10-23(31)20(19-6-5-7-40(15-19)26-11-28(44-4)37-16-36-26)8-24(25)38-29(43)21-12-35-27(42)9-22(21)30(32,33)34/h6,8-12,16-18H,5,7,13-15H2,1-4H3,(H,35,42)(H,38,43). The third kappa shape index (κ3) is 6.39. The van der Waals surface area contributed by atoms with Gasteiger partial charge in [-0.1, -0.05) is 6.08 Å². The molecular formula is C30H33F4N7O3. The topological polar surface area (TPSA) is 107 Å². The monoisotopic (exact) mass is 615 g/mol. The Morgan fingerprint density at radius 1 is 1.09 bits per heavy atom. The summed E-state index contributed by atoms with van der Waals surface area (Å²) in [7, 11) is 3.48. The van der Waals surface area contributed by atoms with E-state index in [-0.39, 0.29) is 29.9 Å². The zero-order valence-corrected chi connectivity index (χ0v) is 24.7. The number of methoxy groups -OCH3 is 1. The van der Waals surface area contributed by atoms with Crippen molar-refractivity contribution in [3.8, 4) is 5.88 Å².